The highest BCUT2D eigenvalue weighted by Gasteiger charge is 2.52. The Hall–Kier alpha value is -0.640. The van der Waals surface area contributed by atoms with Gasteiger partial charge in [0, 0.05) is 12.6 Å². The molecule has 3 rings (SSSR count). The summed E-state index contributed by atoms with van der Waals surface area (Å²) in [7, 11) is 0. The Kier molecular flexibility index (Phi) is 3.08. The normalized spacial score (nSPS) is 33.7. The summed E-state index contributed by atoms with van der Waals surface area (Å²) in [6, 6.07) is 0.484. The SMILES string of the molecule is NC(=S)C1(C(=O)N2CCC3CCCCC32)CCC1. The highest BCUT2D eigenvalue weighted by molar-refractivity contribution is 7.80. The fourth-order valence-corrected chi connectivity index (χ4v) is 4.32. The van der Waals surface area contributed by atoms with Gasteiger partial charge in [-0.1, -0.05) is 31.5 Å². The number of carbonyl (C=O) groups excluding carboxylic acids is 1. The van der Waals surface area contributed by atoms with Gasteiger partial charge in [0.15, 0.2) is 0 Å². The molecular weight excluding hydrogens is 244 g/mol. The van der Waals surface area contributed by atoms with Crippen LogP contribution in [0.3, 0.4) is 0 Å². The van der Waals surface area contributed by atoms with E-state index in [4.69, 9.17) is 18.0 Å². The fraction of sp³-hybridized carbons (Fsp3) is 0.857. The lowest BCUT2D eigenvalue weighted by Gasteiger charge is -2.44. The van der Waals surface area contributed by atoms with E-state index in [1.807, 2.05) is 0 Å². The average Bonchev–Trinajstić information content (AvgIpc) is 2.70. The molecule has 2 atom stereocenters. The molecule has 100 valence electrons. The van der Waals surface area contributed by atoms with Crippen LogP contribution in [0.2, 0.25) is 0 Å². The van der Waals surface area contributed by atoms with Crippen LogP contribution < -0.4 is 5.73 Å². The zero-order valence-electron chi connectivity index (χ0n) is 10.9. The van der Waals surface area contributed by atoms with Crippen molar-refractivity contribution in [2.45, 2.75) is 57.4 Å². The van der Waals surface area contributed by atoms with Gasteiger partial charge in [0.25, 0.3) is 0 Å². The van der Waals surface area contributed by atoms with E-state index < -0.39 is 5.41 Å². The van der Waals surface area contributed by atoms with Crippen molar-refractivity contribution in [3.05, 3.63) is 0 Å². The van der Waals surface area contributed by atoms with Crippen LogP contribution in [0.15, 0.2) is 0 Å². The second kappa shape index (κ2) is 4.48. The Morgan fingerprint density at radius 2 is 1.89 bits per heavy atom. The van der Waals surface area contributed by atoms with Gasteiger partial charge in [0.05, 0.1) is 10.4 Å². The van der Waals surface area contributed by atoms with E-state index in [9.17, 15) is 4.79 Å². The number of rotatable bonds is 2. The Balaban J connectivity index is 1.78. The van der Waals surface area contributed by atoms with Crippen molar-refractivity contribution in [1.82, 2.24) is 4.90 Å². The van der Waals surface area contributed by atoms with Crippen molar-refractivity contribution in [2.24, 2.45) is 17.1 Å². The van der Waals surface area contributed by atoms with Crippen LogP contribution in [0.25, 0.3) is 0 Å². The van der Waals surface area contributed by atoms with Crippen LogP contribution in [0.4, 0.5) is 0 Å². The molecule has 1 heterocycles. The second-order valence-electron chi connectivity index (χ2n) is 6.20. The van der Waals surface area contributed by atoms with Gasteiger partial charge >= 0.3 is 0 Å². The molecule has 1 amide bonds. The summed E-state index contributed by atoms with van der Waals surface area (Å²) in [4.78, 5) is 15.4. The quantitative estimate of drug-likeness (QED) is 0.780. The predicted molar refractivity (Wildman–Crippen MR) is 75.1 cm³/mol. The first kappa shape index (κ1) is 12.4. The largest absolute Gasteiger partial charge is 0.392 e. The summed E-state index contributed by atoms with van der Waals surface area (Å²) in [5.41, 5.74) is 5.38. The van der Waals surface area contributed by atoms with Gasteiger partial charge in [0.2, 0.25) is 5.91 Å². The molecule has 3 fully saturated rings. The number of thiocarbonyl (C=S) groups is 1. The van der Waals surface area contributed by atoms with Gasteiger partial charge in [-0.2, -0.15) is 0 Å². The molecule has 3 nitrogen and oxygen atoms in total. The first-order chi connectivity index (χ1) is 8.65. The van der Waals surface area contributed by atoms with E-state index >= 15 is 0 Å². The lowest BCUT2D eigenvalue weighted by Crippen LogP contribution is -2.56. The highest BCUT2D eigenvalue weighted by Crippen LogP contribution is 2.46. The highest BCUT2D eigenvalue weighted by atomic mass is 32.1. The van der Waals surface area contributed by atoms with Gasteiger partial charge in [-0.05, 0) is 38.0 Å². The Morgan fingerprint density at radius 3 is 2.50 bits per heavy atom. The third-order valence-corrected chi connectivity index (χ3v) is 5.75. The van der Waals surface area contributed by atoms with Gasteiger partial charge in [-0.15, -0.1) is 0 Å². The summed E-state index contributed by atoms with van der Waals surface area (Å²) in [6.07, 6.45) is 9.10. The van der Waals surface area contributed by atoms with Gasteiger partial charge in [-0.3, -0.25) is 4.79 Å². The third kappa shape index (κ3) is 1.68. The maximum absolute atomic E-state index is 12.8. The number of hydrogen-bond donors (Lipinski definition) is 1. The number of amides is 1. The zero-order chi connectivity index (χ0) is 12.8. The van der Waals surface area contributed by atoms with Crippen molar-refractivity contribution in [3.8, 4) is 0 Å². The molecule has 1 aliphatic heterocycles. The van der Waals surface area contributed by atoms with Crippen LogP contribution >= 0.6 is 12.2 Å². The summed E-state index contributed by atoms with van der Waals surface area (Å²) < 4.78 is 0. The van der Waals surface area contributed by atoms with Crippen molar-refractivity contribution in [1.29, 1.82) is 0 Å². The van der Waals surface area contributed by atoms with Gasteiger partial charge in [0.1, 0.15) is 0 Å². The maximum Gasteiger partial charge on any atom is 0.235 e. The van der Waals surface area contributed by atoms with Crippen molar-refractivity contribution < 1.29 is 4.79 Å². The first-order valence-electron chi connectivity index (χ1n) is 7.26. The Morgan fingerprint density at radius 1 is 1.17 bits per heavy atom. The molecule has 18 heavy (non-hydrogen) atoms. The minimum atomic E-state index is -0.471. The molecule has 2 aliphatic carbocycles. The average molecular weight is 266 g/mol. The Bertz CT molecular complexity index is 378. The molecule has 0 spiro atoms. The van der Waals surface area contributed by atoms with Crippen LogP contribution in [0.5, 0.6) is 0 Å². The maximum atomic E-state index is 12.8. The summed E-state index contributed by atoms with van der Waals surface area (Å²) in [5, 5.41) is 0. The molecule has 2 N–H and O–H groups in total. The lowest BCUT2D eigenvalue weighted by molar-refractivity contribution is -0.143. The topological polar surface area (TPSA) is 46.3 Å². The number of nitrogens with two attached hydrogens (primary N) is 1. The van der Waals surface area contributed by atoms with Crippen molar-refractivity contribution in [2.75, 3.05) is 6.54 Å². The molecule has 0 aromatic rings. The van der Waals surface area contributed by atoms with E-state index in [1.54, 1.807) is 0 Å². The third-order valence-electron chi connectivity index (χ3n) is 5.36. The monoisotopic (exact) mass is 266 g/mol. The Labute approximate surface area is 114 Å². The summed E-state index contributed by atoms with van der Waals surface area (Å²) in [5.74, 6) is 0.988. The molecule has 0 radical (unpaired) electrons. The smallest absolute Gasteiger partial charge is 0.235 e. The van der Waals surface area contributed by atoms with E-state index in [0.29, 0.717) is 11.0 Å². The molecule has 2 saturated carbocycles. The minimum absolute atomic E-state index is 0.246. The molecule has 0 aromatic carbocycles. The van der Waals surface area contributed by atoms with Crippen LogP contribution in [-0.4, -0.2) is 28.4 Å². The fourth-order valence-electron chi connectivity index (χ4n) is 4.03. The summed E-state index contributed by atoms with van der Waals surface area (Å²) >= 11 is 5.17. The predicted octanol–water partition coefficient (Wildman–Crippen LogP) is 2.23. The van der Waals surface area contributed by atoms with E-state index in [2.05, 4.69) is 4.90 Å². The van der Waals surface area contributed by atoms with Crippen LogP contribution in [-0.2, 0) is 4.79 Å². The minimum Gasteiger partial charge on any atom is -0.392 e. The first-order valence-corrected chi connectivity index (χ1v) is 7.67. The van der Waals surface area contributed by atoms with Crippen molar-refractivity contribution in [3.63, 3.8) is 0 Å². The molecule has 0 aromatic heterocycles. The molecule has 2 unspecified atom stereocenters. The molecule has 3 aliphatic rings. The van der Waals surface area contributed by atoms with Gasteiger partial charge < -0.3 is 10.6 Å². The lowest BCUT2D eigenvalue weighted by atomic mass is 9.67. The number of hydrogen-bond acceptors (Lipinski definition) is 2. The van der Waals surface area contributed by atoms with Crippen LogP contribution in [0, 0.1) is 11.3 Å². The van der Waals surface area contributed by atoms with E-state index in [-0.39, 0.29) is 5.91 Å². The number of carbonyl (C=O) groups is 1. The van der Waals surface area contributed by atoms with Crippen molar-refractivity contribution >= 4 is 23.1 Å². The van der Waals surface area contributed by atoms with Gasteiger partial charge in [-0.25, -0.2) is 0 Å². The molecule has 0 bridgehead atoms. The van der Waals surface area contributed by atoms with E-state index in [0.717, 1.165) is 31.7 Å². The summed E-state index contributed by atoms with van der Waals surface area (Å²) in [6.45, 7) is 0.929. The second-order valence-corrected chi connectivity index (χ2v) is 6.64. The number of fused-ring (bicyclic) bond motifs is 1. The number of likely N-dealkylation sites (tertiary alicyclic amines) is 1. The number of nitrogens with zero attached hydrogens (tertiary/aromatic N) is 1. The zero-order valence-corrected chi connectivity index (χ0v) is 11.7. The van der Waals surface area contributed by atoms with E-state index in [1.165, 1.54) is 32.1 Å². The van der Waals surface area contributed by atoms with Crippen LogP contribution in [0.1, 0.15) is 51.4 Å². The standard InChI is InChI=1S/C14H22N2OS/c15-12(18)14(7-3-8-14)13(17)16-9-6-10-4-1-2-5-11(10)16/h10-11H,1-9H2,(H2,15,18). The molecule has 4 heteroatoms. The molecule has 1 saturated heterocycles. The molecular formula is C14H22N2OS.